The Balaban J connectivity index is 0. The van der Waals surface area contributed by atoms with Crippen molar-refractivity contribution in [3.05, 3.63) is 0 Å². The van der Waals surface area contributed by atoms with Crippen LogP contribution in [0, 0.1) is 0 Å². The van der Waals surface area contributed by atoms with Gasteiger partial charge in [-0.2, -0.15) is 0 Å². The number of aliphatic hydroxyl groups excluding tert-OH is 2. The lowest BCUT2D eigenvalue weighted by atomic mass is 9.95. The smallest absolute Gasteiger partial charge is 0.0799 e. The first-order chi connectivity index (χ1) is 6.22. The quantitative estimate of drug-likeness (QED) is 0.616. The van der Waals surface area contributed by atoms with Crippen molar-refractivity contribution >= 4 is 0 Å². The van der Waals surface area contributed by atoms with Crippen molar-refractivity contribution < 1.29 is 10.2 Å². The third kappa shape index (κ3) is 9.84. The fourth-order valence-corrected chi connectivity index (χ4v) is 1.09. The predicted molar refractivity (Wildman–Crippen MR) is 57.8 cm³/mol. The third-order valence-corrected chi connectivity index (χ3v) is 1.69. The van der Waals surface area contributed by atoms with Crippen molar-refractivity contribution in [2.45, 2.75) is 72.0 Å². The molecule has 0 unspecified atom stereocenters. The van der Waals surface area contributed by atoms with Crippen LogP contribution in [-0.4, -0.2) is 22.4 Å². The molecule has 0 amide bonds. The Kier molecular flexibility index (Phi) is 14.1. The van der Waals surface area contributed by atoms with Gasteiger partial charge in [0.25, 0.3) is 0 Å². The molecule has 1 saturated carbocycles. The van der Waals surface area contributed by atoms with Gasteiger partial charge in [0.1, 0.15) is 0 Å². The van der Waals surface area contributed by atoms with E-state index in [1.807, 2.05) is 13.8 Å². The summed E-state index contributed by atoms with van der Waals surface area (Å²) >= 11 is 0. The Morgan fingerprint density at radius 3 is 1.31 bits per heavy atom. The second kappa shape index (κ2) is 11.9. The maximum absolute atomic E-state index is 8.93. The molecule has 2 N–H and O–H groups in total. The second-order valence-corrected chi connectivity index (χ2v) is 3.13. The Labute approximate surface area is 83.0 Å². The number of rotatable bonds is 0. The maximum atomic E-state index is 8.93. The minimum atomic E-state index is -0.441. The molecule has 2 nitrogen and oxygen atoms in total. The first kappa shape index (κ1) is 15.4. The molecule has 0 heterocycles. The summed E-state index contributed by atoms with van der Waals surface area (Å²) in [7, 11) is 0. The van der Waals surface area contributed by atoms with E-state index in [4.69, 9.17) is 10.2 Å². The topological polar surface area (TPSA) is 40.5 Å². The Bertz CT molecular complexity index is 74.2. The Hall–Kier alpha value is -0.0800. The van der Waals surface area contributed by atoms with Crippen LogP contribution in [0.2, 0.25) is 0 Å². The van der Waals surface area contributed by atoms with Crippen molar-refractivity contribution in [2.75, 3.05) is 0 Å². The van der Waals surface area contributed by atoms with Gasteiger partial charge in [0, 0.05) is 0 Å². The second-order valence-electron chi connectivity index (χ2n) is 3.13. The van der Waals surface area contributed by atoms with E-state index in [2.05, 4.69) is 13.8 Å². The highest BCUT2D eigenvalue weighted by atomic mass is 16.3. The molecule has 13 heavy (non-hydrogen) atoms. The van der Waals surface area contributed by atoms with E-state index in [1.165, 1.54) is 6.42 Å². The average molecular weight is 190 g/mol. The zero-order valence-corrected chi connectivity index (χ0v) is 9.58. The predicted octanol–water partition coefficient (Wildman–Crippen LogP) is 2.72. The largest absolute Gasteiger partial charge is 0.390 e. The van der Waals surface area contributed by atoms with Gasteiger partial charge in [-0.3, -0.25) is 0 Å². The standard InChI is InChI=1S/C6H12O2.C3H8.C2H6/c7-5-3-1-2-4-6(5)8;1-3-2;1-2/h5-8H,1-4H2;3H2,1-2H3;1-2H3/t5-,6+;;. The summed E-state index contributed by atoms with van der Waals surface area (Å²) < 4.78 is 0. The van der Waals surface area contributed by atoms with Crippen LogP contribution in [0.1, 0.15) is 59.8 Å². The van der Waals surface area contributed by atoms with Crippen molar-refractivity contribution in [1.29, 1.82) is 0 Å². The summed E-state index contributed by atoms with van der Waals surface area (Å²) in [6.07, 6.45) is 4.06. The highest BCUT2D eigenvalue weighted by molar-refractivity contribution is 4.72. The molecule has 0 aromatic carbocycles. The SMILES string of the molecule is CC.CCC.O[C@@H]1CCCC[C@@H]1O. The van der Waals surface area contributed by atoms with Crippen LogP contribution in [0.25, 0.3) is 0 Å². The molecule has 0 aromatic heterocycles. The lowest BCUT2D eigenvalue weighted by molar-refractivity contribution is -0.00865. The van der Waals surface area contributed by atoms with E-state index < -0.39 is 12.2 Å². The molecule has 1 aliphatic rings. The van der Waals surface area contributed by atoms with Gasteiger partial charge in [-0.25, -0.2) is 0 Å². The van der Waals surface area contributed by atoms with E-state index in [1.54, 1.807) is 0 Å². The van der Waals surface area contributed by atoms with Gasteiger partial charge >= 0.3 is 0 Å². The molecular weight excluding hydrogens is 164 g/mol. The highest BCUT2D eigenvalue weighted by Gasteiger charge is 2.19. The molecule has 0 spiro atoms. The van der Waals surface area contributed by atoms with Gasteiger partial charge in [-0.05, 0) is 12.8 Å². The van der Waals surface area contributed by atoms with Crippen molar-refractivity contribution in [3.8, 4) is 0 Å². The van der Waals surface area contributed by atoms with Gasteiger partial charge < -0.3 is 10.2 Å². The van der Waals surface area contributed by atoms with E-state index in [-0.39, 0.29) is 0 Å². The van der Waals surface area contributed by atoms with Gasteiger partial charge in [0.2, 0.25) is 0 Å². The average Bonchev–Trinajstić information content (AvgIpc) is 2.15. The van der Waals surface area contributed by atoms with E-state index in [0.717, 1.165) is 25.7 Å². The Morgan fingerprint density at radius 1 is 0.923 bits per heavy atom. The van der Waals surface area contributed by atoms with E-state index >= 15 is 0 Å². The monoisotopic (exact) mass is 190 g/mol. The maximum Gasteiger partial charge on any atom is 0.0799 e. The minimum Gasteiger partial charge on any atom is -0.390 e. The number of aliphatic hydroxyl groups is 2. The summed E-state index contributed by atoms with van der Waals surface area (Å²) in [4.78, 5) is 0. The first-order valence-electron chi connectivity index (χ1n) is 5.58. The summed E-state index contributed by atoms with van der Waals surface area (Å²) in [5, 5.41) is 17.9. The van der Waals surface area contributed by atoms with Gasteiger partial charge in [-0.15, -0.1) is 0 Å². The molecule has 2 heteroatoms. The van der Waals surface area contributed by atoms with E-state index in [0.29, 0.717) is 0 Å². The zero-order valence-electron chi connectivity index (χ0n) is 9.58. The molecule has 0 aromatic rings. The van der Waals surface area contributed by atoms with Crippen LogP contribution < -0.4 is 0 Å². The molecule has 0 aliphatic heterocycles. The van der Waals surface area contributed by atoms with Crippen LogP contribution in [0.4, 0.5) is 0 Å². The first-order valence-corrected chi connectivity index (χ1v) is 5.58. The normalized spacial score (nSPS) is 26.3. The third-order valence-electron chi connectivity index (χ3n) is 1.69. The molecule has 2 atom stereocenters. The summed E-state index contributed by atoms with van der Waals surface area (Å²) in [6.45, 7) is 8.25. The van der Waals surface area contributed by atoms with Crippen LogP contribution >= 0.6 is 0 Å². The van der Waals surface area contributed by atoms with E-state index in [9.17, 15) is 0 Å². The van der Waals surface area contributed by atoms with Gasteiger partial charge in [-0.1, -0.05) is 47.0 Å². The van der Waals surface area contributed by atoms with Gasteiger partial charge in [0.15, 0.2) is 0 Å². The lowest BCUT2D eigenvalue weighted by Gasteiger charge is -2.22. The summed E-state index contributed by atoms with van der Waals surface area (Å²) in [5.74, 6) is 0. The number of hydrogen-bond acceptors (Lipinski definition) is 2. The lowest BCUT2D eigenvalue weighted by Crippen LogP contribution is -2.28. The zero-order chi connectivity index (χ0) is 10.7. The van der Waals surface area contributed by atoms with Crippen LogP contribution in [0.3, 0.4) is 0 Å². The van der Waals surface area contributed by atoms with Crippen LogP contribution in [0.5, 0.6) is 0 Å². The van der Waals surface area contributed by atoms with Crippen molar-refractivity contribution in [3.63, 3.8) is 0 Å². The van der Waals surface area contributed by atoms with Crippen LogP contribution in [-0.2, 0) is 0 Å². The molecule has 1 aliphatic carbocycles. The fourth-order valence-electron chi connectivity index (χ4n) is 1.09. The van der Waals surface area contributed by atoms with Gasteiger partial charge in [0.05, 0.1) is 12.2 Å². The molecule has 1 fully saturated rings. The van der Waals surface area contributed by atoms with Crippen LogP contribution in [0.15, 0.2) is 0 Å². The summed E-state index contributed by atoms with van der Waals surface area (Å²) in [6, 6.07) is 0. The Morgan fingerprint density at radius 2 is 1.15 bits per heavy atom. The molecule has 0 saturated heterocycles. The molecular formula is C11H26O2. The fraction of sp³-hybridized carbons (Fsp3) is 1.00. The molecule has 0 bridgehead atoms. The highest BCUT2D eigenvalue weighted by Crippen LogP contribution is 2.17. The summed E-state index contributed by atoms with van der Waals surface area (Å²) in [5.41, 5.74) is 0. The van der Waals surface area contributed by atoms with Crippen molar-refractivity contribution in [1.82, 2.24) is 0 Å². The molecule has 1 rings (SSSR count). The minimum absolute atomic E-state index is 0.441. The molecule has 82 valence electrons. The van der Waals surface area contributed by atoms with Crippen molar-refractivity contribution in [2.24, 2.45) is 0 Å². The number of hydrogen-bond donors (Lipinski definition) is 2. The molecule has 0 radical (unpaired) electrons.